The van der Waals surface area contributed by atoms with Crippen LogP contribution in [0.25, 0.3) is 0 Å². The molecule has 0 aliphatic heterocycles. The summed E-state index contributed by atoms with van der Waals surface area (Å²) in [7, 11) is 0. The number of hydrogen-bond donors (Lipinski definition) is 1. The highest BCUT2D eigenvalue weighted by atomic mass is 79.9. The fourth-order valence-corrected chi connectivity index (χ4v) is 3.40. The summed E-state index contributed by atoms with van der Waals surface area (Å²) in [5.41, 5.74) is 7.95. The number of halogens is 1. The van der Waals surface area contributed by atoms with Gasteiger partial charge in [0.15, 0.2) is 0 Å². The molecular formula is C11H20BrN3S. The summed E-state index contributed by atoms with van der Waals surface area (Å²) in [5, 5.41) is 4.58. The Morgan fingerprint density at radius 1 is 1.44 bits per heavy atom. The molecule has 0 aromatic carbocycles. The van der Waals surface area contributed by atoms with Crippen molar-refractivity contribution >= 4 is 27.7 Å². The standard InChI is InChI=1S/C11H20BrN3S/c1-3-9-11(12)10(15(4-2)14-9)8-16-7-5-6-13/h3-8,13H2,1-2H3. The second-order valence-electron chi connectivity index (χ2n) is 3.57. The third kappa shape index (κ3) is 3.50. The number of rotatable bonds is 7. The van der Waals surface area contributed by atoms with E-state index in [1.54, 1.807) is 0 Å². The van der Waals surface area contributed by atoms with Gasteiger partial charge >= 0.3 is 0 Å². The molecule has 0 aliphatic rings. The predicted octanol–water partition coefficient (Wildman–Crippen LogP) is 2.81. The van der Waals surface area contributed by atoms with E-state index in [1.807, 2.05) is 11.8 Å². The molecule has 1 aromatic rings. The van der Waals surface area contributed by atoms with E-state index in [-0.39, 0.29) is 0 Å². The topological polar surface area (TPSA) is 43.8 Å². The summed E-state index contributed by atoms with van der Waals surface area (Å²) >= 11 is 5.58. The van der Waals surface area contributed by atoms with E-state index >= 15 is 0 Å². The van der Waals surface area contributed by atoms with E-state index in [0.29, 0.717) is 0 Å². The van der Waals surface area contributed by atoms with E-state index in [0.717, 1.165) is 43.1 Å². The minimum Gasteiger partial charge on any atom is -0.330 e. The van der Waals surface area contributed by atoms with Crippen LogP contribution in [0.15, 0.2) is 4.47 Å². The highest BCUT2D eigenvalue weighted by molar-refractivity contribution is 9.10. The van der Waals surface area contributed by atoms with Gasteiger partial charge in [-0.2, -0.15) is 16.9 Å². The molecule has 0 saturated carbocycles. The van der Waals surface area contributed by atoms with Crippen LogP contribution in [-0.2, 0) is 18.7 Å². The van der Waals surface area contributed by atoms with Crippen molar-refractivity contribution < 1.29 is 0 Å². The molecule has 92 valence electrons. The Labute approximate surface area is 110 Å². The number of nitrogens with two attached hydrogens (primary N) is 1. The molecule has 1 rings (SSSR count). The van der Waals surface area contributed by atoms with Crippen molar-refractivity contribution in [3.8, 4) is 0 Å². The van der Waals surface area contributed by atoms with Gasteiger partial charge in [-0.1, -0.05) is 6.92 Å². The minimum absolute atomic E-state index is 0.779. The van der Waals surface area contributed by atoms with Crippen LogP contribution in [0.4, 0.5) is 0 Å². The molecule has 0 bridgehead atoms. The largest absolute Gasteiger partial charge is 0.330 e. The Kier molecular flexibility index (Phi) is 6.46. The second-order valence-corrected chi connectivity index (χ2v) is 5.47. The summed E-state index contributed by atoms with van der Waals surface area (Å²) in [4.78, 5) is 0. The second kappa shape index (κ2) is 7.35. The highest BCUT2D eigenvalue weighted by Gasteiger charge is 2.13. The van der Waals surface area contributed by atoms with Crippen LogP contribution in [0.3, 0.4) is 0 Å². The number of hydrogen-bond acceptors (Lipinski definition) is 3. The maximum atomic E-state index is 5.48. The molecule has 3 nitrogen and oxygen atoms in total. The fourth-order valence-electron chi connectivity index (χ4n) is 1.51. The van der Waals surface area contributed by atoms with Gasteiger partial charge in [0.05, 0.1) is 15.9 Å². The Hall–Kier alpha value is -0.0000000000000000555. The predicted molar refractivity (Wildman–Crippen MR) is 74.8 cm³/mol. The quantitative estimate of drug-likeness (QED) is 0.788. The van der Waals surface area contributed by atoms with Crippen molar-refractivity contribution in [2.75, 3.05) is 12.3 Å². The molecule has 2 N–H and O–H groups in total. The molecular weight excluding hydrogens is 286 g/mol. The van der Waals surface area contributed by atoms with Gasteiger partial charge < -0.3 is 5.73 Å². The van der Waals surface area contributed by atoms with Gasteiger partial charge in [-0.3, -0.25) is 4.68 Å². The maximum absolute atomic E-state index is 5.48. The van der Waals surface area contributed by atoms with Crippen molar-refractivity contribution in [1.29, 1.82) is 0 Å². The molecule has 16 heavy (non-hydrogen) atoms. The van der Waals surface area contributed by atoms with E-state index in [4.69, 9.17) is 5.73 Å². The highest BCUT2D eigenvalue weighted by Crippen LogP contribution is 2.26. The molecule has 0 aliphatic carbocycles. The van der Waals surface area contributed by atoms with Crippen LogP contribution < -0.4 is 5.73 Å². The number of thioether (sulfide) groups is 1. The molecule has 0 atom stereocenters. The van der Waals surface area contributed by atoms with Crippen LogP contribution >= 0.6 is 27.7 Å². The molecule has 1 heterocycles. The summed E-state index contributed by atoms with van der Waals surface area (Å²) in [6.45, 7) is 5.98. The Morgan fingerprint density at radius 3 is 2.75 bits per heavy atom. The molecule has 1 aromatic heterocycles. The van der Waals surface area contributed by atoms with Crippen LogP contribution in [0.5, 0.6) is 0 Å². The third-order valence-corrected chi connectivity index (χ3v) is 4.40. The first-order chi connectivity index (χ1) is 7.74. The van der Waals surface area contributed by atoms with E-state index < -0.39 is 0 Å². The first kappa shape index (κ1) is 14.1. The van der Waals surface area contributed by atoms with Gasteiger partial charge in [-0.25, -0.2) is 0 Å². The molecule has 0 radical (unpaired) electrons. The zero-order chi connectivity index (χ0) is 12.0. The van der Waals surface area contributed by atoms with Gasteiger partial charge in [-0.05, 0) is 48.0 Å². The van der Waals surface area contributed by atoms with Gasteiger partial charge in [-0.15, -0.1) is 0 Å². The summed E-state index contributed by atoms with van der Waals surface area (Å²) in [6, 6.07) is 0. The Balaban J connectivity index is 2.65. The van der Waals surface area contributed by atoms with E-state index in [2.05, 4.69) is 39.6 Å². The fraction of sp³-hybridized carbons (Fsp3) is 0.727. The van der Waals surface area contributed by atoms with E-state index in [1.165, 1.54) is 10.2 Å². The van der Waals surface area contributed by atoms with Crippen molar-refractivity contribution in [3.63, 3.8) is 0 Å². The van der Waals surface area contributed by atoms with Crippen LogP contribution in [0.2, 0.25) is 0 Å². The van der Waals surface area contributed by atoms with Gasteiger partial charge in [0, 0.05) is 12.3 Å². The van der Waals surface area contributed by atoms with Crippen molar-refractivity contribution in [1.82, 2.24) is 9.78 Å². The first-order valence-electron chi connectivity index (χ1n) is 5.76. The van der Waals surface area contributed by atoms with Crippen molar-refractivity contribution in [2.45, 2.75) is 39.0 Å². The summed E-state index contributed by atoms with van der Waals surface area (Å²) < 4.78 is 3.29. The lowest BCUT2D eigenvalue weighted by Gasteiger charge is -2.04. The zero-order valence-electron chi connectivity index (χ0n) is 10.0. The zero-order valence-corrected chi connectivity index (χ0v) is 12.4. The number of nitrogens with zero attached hydrogens (tertiary/aromatic N) is 2. The summed E-state index contributed by atoms with van der Waals surface area (Å²) in [5.74, 6) is 2.14. The normalized spacial score (nSPS) is 11.0. The maximum Gasteiger partial charge on any atom is 0.0767 e. The van der Waals surface area contributed by atoms with Crippen molar-refractivity contribution in [3.05, 3.63) is 15.9 Å². The van der Waals surface area contributed by atoms with Gasteiger partial charge in [0.2, 0.25) is 0 Å². The van der Waals surface area contributed by atoms with Crippen LogP contribution in [0, 0.1) is 0 Å². The Morgan fingerprint density at radius 2 is 2.19 bits per heavy atom. The smallest absolute Gasteiger partial charge is 0.0767 e. The molecule has 0 spiro atoms. The lowest BCUT2D eigenvalue weighted by molar-refractivity contribution is 0.627. The summed E-state index contributed by atoms with van der Waals surface area (Å²) in [6.07, 6.45) is 2.07. The molecule has 0 fully saturated rings. The monoisotopic (exact) mass is 305 g/mol. The van der Waals surface area contributed by atoms with Crippen LogP contribution in [0.1, 0.15) is 31.7 Å². The van der Waals surface area contributed by atoms with Gasteiger partial charge in [0.25, 0.3) is 0 Å². The van der Waals surface area contributed by atoms with Crippen molar-refractivity contribution in [2.24, 2.45) is 5.73 Å². The first-order valence-corrected chi connectivity index (χ1v) is 7.71. The lowest BCUT2D eigenvalue weighted by atomic mass is 10.3. The SMILES string of the molecule is CCc1nn(CC)c(CSCCCN)c1Br. The minimum atomic E-state index is 0.779. The lowest BCUT2D eigenvalue weighted by Crippen LogP contribution is -2.03. The third-order valence-electron chi connectivity index (χ3n) is 2.43. The molecule has 0 amide bonds. The molecule has 5 heteroatoms. The average Bonchev–Trinajstić information content (AvgIpc) is 2.61. The number of aromatic nitrogens is 2. The average molecular weight is 306 g/mol. The van der Waals surface area contributed by atoms with E-state index in [9.17, 15) is 0 Å². The van der Waals surface area contributed by atoms with Crippen LogP contribution in [-0.4, -0.2) is 22.1 Å². The molecule has 0 unspecified atom stereocenters. The van der Waals surface area contributed by atoms with Gasteiger partial charge in [0.1, 0.15) is 0 Å². The molecule has 0 saturated heterocycles. The number of aryl methyl sites for hydroxylation is 2. The Bertz CT molecular complexity index is 325.